The number of carbonyl (C=O) groups is 2. The van der Waals surface area contributed by atoms with E-state index in [1.807, 2.05) is 6.07 Å². The molecule has 0 aliphatic carbocycles. The van der Waals surface area contributed by atoms with Gasteiger partial charge in [-0.15, -0.1) is 0 Å². The zero-order valence-corrected chi connectivity index (χ0v) is 24.8. The molecular weight excluding hydrogens is 592 g/mol. The Kier molecular flexibility index (Phi) is 9.65. The molecule has 4 atom stereocenters. The molecule has 3 heterocycles. The van der Waals surface area contributed by atoms with Gasteiger partial charge in [0.1, 0.15) is 6.10 Å². The van der Waals surface area contributed by atoms with E-state index in [-0.39, 0.29) is 30.3 Å². The number of ether oxygens (including phenoxy) is 4. The van der Waals surface area contributed by atoms with Crippen molar-refractivity contribution >= 4 is 29.0 Å². The van der Waals surface area contributed by atoms with Gasteiger partial charge in [0.05, 0.1) is 26.1 Å². The van der Waals surface area contributed by atoms with Crippen molar-refractivity contribution in [3.05, 3.63) is 88.5 Å². The fourth-order valence-corrected chi connectivity index (χ4v) is 5.00. The van der Waals surface area contributed by atoms with E-state index in [0.717, 1.165) is 12.5 Å². The summed E-state index contributed by atoms with van der Waals surface area (Å²) in [6, 6.07) is 17.9. The molecule has 5 rings (SSSR count). The summed E-state index contributed by atoms with van der Waals surface area (Å²) in [5.74, 6) is -1.80. The lowest BCUT2D eigenvalue weighted by atomic mass is 9.95. The maximum atomic E-state index is 15.3. The van der Waals surface area contributed by atoms with Gasteiger partial charge in [0, 0.05) is 12.8 Å². The smallest absolute Gasteiger partial charge is 0.303 e. The highest BCUT2D eigenvalue weighted by molar-refractivity contribution is 5.91. The summed E-state index contributed by atoms with van der Waals surface area (Å²) < 4.78 is 55.5. The van der Waals surface area contributed by atoms with E-state index in [1.165, 1.54) is 10.9 Å². The van der Waals surface area contributed by atoms with Crippen LogP contribution in [0.4, 0.5) is 14.7 Å². The minimum absolute atomic E-state index is 0.00315. The number of halogens is 2. The summed E-state index contributed by atoms with van der Waals surface area (Å²) in [6.45, 7) is 3.70. The quantitative estimate of drug-likeness (QED) is 0.223. The van der Waals surface area contributed by atoms with Gasteiger partial charge in [-0.25, -0.2) is 13.8 Å². The van der Waals surface area contributed by atoms with Gasteiger partial charge < -0.3 is 18.9 Å². The first kappa shape index (κ1) is 31.9. The first-order valence-electron chi connectivity index (χ1n) is 14.3. The first-order chi connectivity index (χ1) is 21.6. The number of nitrogens with one attached hydrogen (secondary N) is 2. The van der Waals surface area contributed by atoms with E-state index in [0.29, 0.717) is 5.56 Å². The van der Waals surface area contributed by atoms with E-state index >= 15 is 8.78 Å². The van der Waals surface area contributed by atoms with E-state index < -0.39 is 60.4 Å². The number of benzene rings is 2. The summed E-state index contributed by atoms with van der Waals surface area (Å²) in [5, 5.41) is 2.51. The number of amides is 1. The van der Waals surface area contributed by atoms with Crippen LogP contribution in [0.3, 0.4) is 0 Å². The van der Waals surface area contributed by atoms with Gasteiger partial charge in [0.2, 0.25) is 11.9 Å². The molecule has 1 amide bonds. The predicted molar refractivity (Wildman–Crippen MR) is 157 cm³/mol. The summed E-state index contributed by atoms with van der Waals surface area (Å²) >= 11 is 0. The van der Waals surface area contributed by atoms with Crippen LogP contribution >= 0.6 is 0 Å². The van der Waals surface area contributed by atoms with Gasteiger partial charge in [-0.1, -0.05) is 74.5 Å². The number of esters is 1. The molecule has 0 spiro atoms. The van der Waals surface area contributed by atoms with Crippen LogP contribution in [0, 0.1) is 5.92 Å². The molecule has 1 aliphatic heterocycles. The Morgan fingerprint density at radius 3 is 2.31 bits per heavy atom. The topological polar surface area (TPSA) is 147 Å². The minimum atomic E-state index is -3.18. The molecule has 0 bridgehead atoms. The van der Waals surface area contributed by atoms with Crippen LogP contribution in [-0.2, 0) is 41.8 Å². The normalized spacial score (nSPS) is 21.4. The first-order valence-corrected chi connectivity index (χ1v) is 14.3. The minimum Gasteiger partial charge on any atom is -0.455 e. The number of aromatic nitrogens is 4. The Hall–Kier alpha value is -4.53. The summed E-state index contributed by atoms with van der Waals surface area (Å²) in [5.41, 5.74) is -1.95. The molecule has 0 saturated carbocycles. The maximum Gasteiger partial charge on any atom is 0.303 e. The van der Waals surface area contributed by atoms with E-state index in [4.69, 9.17) is 18.9 Å². The Labute approximate surface area is 256 Å². The number of imidazole rings is 1. The zero-order valence-electron chi connectivity index (χ0n) is 24.8. The van der Waals surface area contributed by atoms with Crippen molar-refractivity contribution in [1.82, 2.24) is 19.5 Å². The van der Waals surface area contributed by atoms with E-state index in [2.05, 4.69) is 20.3 Å². The standard InChI is InChI=1S/C31H33F2N5O7/c1-18(2)26(40)36-30-35-25-22(27(41)37-30)34-17-38(25)28-23(44-19(3)39)24(43-15-21-12-8-5-9-13-21)31(45-28,29(32)33)16-42-14-20-10-6-4-7-11-20/h4-13,17-18,23-24,28-29H,14-16H2,1-3H3,(H2,35,36,37,40,41). The molecule has 1 saturated heterocycles. The van der Waals surface area contributed by atoms with Gasteiger partial charge in [-0.3, -0.25) is 29.3 Å². The number of aromatic amines is 1. The number of carbonyl (C=O) groups excluding carboxylic acids is 2. The third kappa shape index (κ3) is 6.92. The number of alkyl halides is 2. The summed E-state index contributed by atoms with van der Waals surface area (Å²) in [7, 11) is 0. The van der Waals surface area contributed by atoms with E-state index in [1.54, 1.807) is 68.4 Å². The number of H-pyrrole nitrogens is 1. The second kappa shape index (κ2) is 13.6. The molecule has 1 fully saturated rings. The maximum absolute atomic E-state index is 15.3. The van der Waals surface area contributed by atoms with Gasteiger partial charge in [0.25, 0.3) is 12.0 Å². The third-order valence-electron chi connectivity index (χ3n) is 7.26. The SMILES string of the molecule is CC(=O)OC1C(n2cnc3c(=O)[nH]c(NC(=O)C(C)C)nc32)OC(COCc2ccccc2)(C(F)F)C1OCc1ccccc1. The molecule has 14 heteroatoms. The molecule has 1 aliphatic rings. The Bertz CT molecular complexity index is 1680. The average Bonchev–Trinajstić information content (AvgIpc) is 3.56. The van der Waals surface area contributed by atoms with Gasteiger partial charge in [-0.05, 0) is 11.1 Å². The Morgan fingerprint density at radius 1 is 1.07 bits per heavy atom. The largest absolute Gasteiger partial charge is 0.455 e. The molecule has 45 heavy (non-hydrogen) atoms. The van der Waals surface area contributed by atoms with Gasteiger partial charge >= 0.3 is 5.97 Å². The van der Waals surface area contributed by atoms with Crippen molar-refractivity contribution in [2.45, 2.75) is 64.4 Å². The fraction of sp³-hybridized carbons (Fsp3) is 0.387. The molecule has 2 aromatic carbocycles. The molecule has 4 aromatic rings. The predicted octanol–water partition coefficient (Wildman–Crippen LogP) is 3.98. The number of nitrogens with zero attached hydrogens (tertiary/aromatic N) is 3. The third-order valence-corrected chi connectivity index (χ3v) is 7.26. The van der Waals surface area contributed by atoms with Crippen molar-refractivity contribution in [2.24, 2.45) is 5.92 Å². The summed E-state index contributed by atoms with van der Waals surface area (Å²) in [6.07, 6.45) is -6.47. The van der Waals surface area contributed by atoms with Crippen molar-refractivity contribution in [1.29, 1.82) is 0 Å². The molecular formula is C31H33F2N5O7. The Morgan fingerprint density at radius 2 is 1.71 bits per heavy atom. The van der Waals surface area contributed by atoms with Crippen LogP contribution in [-0.4, -0.2) is 62.2 Å². The molecule has 238 valence electrons. The molecule has 12 nitrogen and oxygen atoms in total. The van der Waals surface area contributed by atoms with Gasteiger partial charge in [-0.2, -0.15) is 4.98 Å². The second-order valence-electron chi connectivity index (χ2n) is 10.9. The van der Waals surface area contributed by atoms with Crippen LogP contribution in [0.1, 0.15) is 38.1 Å². The van der Waals surface area contributed by atoms with Crippen LogP contribution in [0.25, 0.3) is 11.2 Å². The lowest BCUT2D eigenvalue weighted by Gasteiger charge is -2.33. The van der Waals surface area contributed by atoms with E-state index in [9.17, 15) is 14.4 Å². The number of rotatable bonds is 12. The number of anilines is 1. The van der Waals surface area contributed by atoms with Crippen molar-refractivity contribution in [3.8, 4) is 0 Å². The van der Waals surface area contributed by atoms with Crippen LogP contribution in [0.5, 0.6) is 0 Å². The Balaban J connectivity index is 1.57. The second-order valence-corrected chi connectivity index (χ2v) is 10.9. The molecule has 0 radical (unpaired) electrons. The van der Waals surface area contributed by atoms with Crippen LogP contribution < -0.4 is 10.9 Å². The summed E-state index contributed by atoms with van der Waals surface area (Å²) in [4.78, 5) is 48.4. The highest BCUT2D eigenvalue weighted by atomic mass is 19.3. The van der Waals surface area contributed by atoms with Crippen LogP contribution in [0.15, 0.2) is 71.8 Å². The average molecular weight is 626 g/mol. The highest BCUT2D eigenvalue weighted by Crippen LogP contribution is 2.45. The monoisotopic (exact) mass is 625 g/mol. The van der Waals surface area contributed by atoms with Crippen molar-refractivity contribution in [2.75, 3.05) is 11.9 Å². The lowest BCUT2D eigenvalue weighted by Crippen LogP contribution is -2.54. The molecule has 2 aromatic heterocycles. The highest BCUT2D eigenvalue weighted by Gasteiger charge is 2.64. The van der Waals surface area contributed by atoms with Crippen molar-refractivity contribution < 1.29 is 37.3 Å². The number of fused-ring (bicyclic) bond motifs is 1. The van der Waals surface area contributed by atoms with Crippen molar-refractivity contribution in [3.63, 3.8) is 0 Å². The van der Waals surface area contributed by atoms with Crippen LogP contribution in [0.2, 0.25) is 0 Å². The van der Waals surface area contributed by atoms with Gasteiger partial charge in [0.15, 0.2) is 29.1 Å². The fourth-order valence-electron chi connectivity index (χ4n) is 5.00. The number of hydrogen-bond acceptors (Lipinski definition) is 9. The zero-order chi connectivity index (χ0) is 32.1. The molecule has 2 N–H and O–H groups in total. The number of hydrogen-bond donors (Lipinski definition) is 2. The lowest BCUT2D eigenvalue weighted by molar-refractivity contribution is -0.215. The molecule has 4 unspecified atom stereocenters.